The molecule has 0 saturated carbocycles. The Labute approximate surface area is 95.3 Å². The number of hydrogen-bond acceptors (Lipinski definition) is 2. The van der Waals surface area contributed by atoms with Crippen molar-refractivity contribution in [3.8, 4) is 11.3 Å². The molecule has 0 unspecified atom stereocenters. The van der Waals surface area contributed by atoms with E-state index in [-0.39, 0.29) is 11.3 Å². The standard InChI is InChI=1S/C12H7F2N3/c13-9-2-1-3-10(14)12(9)11-5-4-8-6-15-7-17(8)16-11/h1-7H. The second kappa shape index (κ2) is 3.62. The van der Waals surface area contributed by atoms with Gasteiger partial charge in [-0.25, -0.2) is 18.3 Å². The lowest BCUT2D eigenvalue weighted by Crippen LogP contribution is -1.96. The predicted molar refractivity (Wildman–Crippen MR) is 58.3 cm³/mol. The summed E-state index contributed by atoms with van der Waals surface area (Å²) in [5.74, 6) is -1.26. The van der Waals surface area contributed by atoms with Crippen molar-refractivity contribution in [1.29, 1.82) is 0 Å². The Morgan fingerprint density at radius 1 is 1.00 bits per heavy atom. The molecule has 1 aromatic carbocycles. The summed E-state index contributed by atoms with van der Waals surface area (Å²) in [6.45, 7) is 0. The first-order valence-corrected chi connectivity index (χ1v) is 4.99. The van der Waals surface area contributed by atoms with Crippen molar-refractivity contribution in [2.45, 2.75) is 0 Å². The zero-order valence-electron chi connectivity index (χ0n) is 8.64. The lowest BCUT2D eigenvalue weighted by molar-refractivity contribution is 0.588. The Hall–Kier alpha value is -2.30. The molecule has 3 aromatic rings. The van der Waals surface area contributed by atoms with Crippen molar-refractivity contribution in [2.75, 3.05) is 0 Å². The molecule has 0 aliphatic rings. The first-order chi connectivity index (χ1) is 8.25. The Kier molecular flexibility index (Phi) is 2.11. The van der Waals surface area contributed by atoms with Gasteiger partial charge < -0.3 is 0 Å². The molecule has 17 heavy (non-hydrogen) atoms. The third-order valence-electron chi connectivity index (χ3n) is 2.49. The molecule has 0 fully saturated rings. The molecule has 2 aromatic heterocycles. The van der Waals surface area contributed by atoms with E-state index in [0.717, 1.165) is 5.52 Å². The molecule has 3 nitrogen and oxygen atoms in total. The van der Waals surface area contributed by atoms with Gasteiger partial charge in [-0.1, -0.05) is 6.07 Å². The summed E-state index contributed by atoms with van der Waals surface area (Å²) in [6, 6.07) is 7.01. The molecular formula is C12H7F2N3. The number of fused-ring (bicyclic) bond motifs is 1. The van der Waals surface area contributed by atoms with Crippen molar-refractivity contribution in [3.05, 3.63) is 54.5 Å². The summed E-state index contributed by atoms with van der Waals surface area (Å²) in [6.07, 6.45) is 3.10. The Bertz CT molecular complexity index is 671. The van der Waals surface area contributed by atoms with E-state index in [9.17, 15) is 8.78 Å². The number of hydrogen-bond donors (Lipinski definition) is 0. The van der Waals surface area contributed by atoms with Crippen LogP contribution in [-0.4, -0.2) is 14.6 Å². The third-order valence-corrected chi connectivity index (χ3v) is 2.49. The molecule has 5 heteroatoms. The van der Waals surface area contributed by atoms with Crippen molar-refractivity contribution < 1.29 is 8.78 Å². The summed E-state index contributed by atoms with van der Waals surface area (Å²) in [5, 5.41) is 4.10. The minimum Gasteiger partial charge on any atom is -0.243 e. The number of rotatable bonds is 1. The molecule has 0 N–H and O–H groups in total. The van der Waals surface area contributed by atoms with Crippen molar-refractivity contribution in [2.24, 2.45) is 0 Å². The monoisotopic (exact) mass is 231 g/mol. The minimum absolute atomic E-state index is 0.122. The summed E-state index contributed by atoms with van der Waals surface area (Å²) < 4.78 is 28.6. The molecular weight excluding hydrogens is 224 g/mol. The normalized spacial score (nSPS) is 10.9. The fourth-order valence-corrected chi connectivity index (χ4v) is 1.69. The SMILES string of the molecule is Fc1cccc(F)c1-c1ccc2cncn2n1. The highest BCUT2D eigenvalue weighted by Gasteiger charge is 2.12. The van der Waals surface area contributed by atoms with Crippen LogP contribution in [0, 0.1) is 11.6 Å². The first-order valence-electron chi connectivity index (χ1n) is 4.99. The fourth-order valence-electron chi connectivity index (χ4n) is 1.69. The van der Waals surface area contributed by atoms with Crippen molar-refractivity contribution >= 4 is 5.52 Å². The lowest BCUT2D eigenvalue weighted by Gasteiger charge is -2.04. The van der Waals surface area contributed by atoms with E-state index >= 15 is 0 Å². The number of aromatic nitrogens is 3. The molecule has 0 amide bonds. The molecule has 0 aliphatic carbocycles. The van der Waals surface area contributed by atoms with Gasteiger partial charge in [0, 0.05) is 0 Å². The second-order valence-electron chi connectivity index (χ2n) is 3.58. The molecule has 0 spiro atoms. The molecule has 0 saturated heterocycles. The van der Waals surface area contributed by atoms with Gasteiger partial charge in [-0.3, -0.25) is 0 Å². The van der Waals surface area contributed by atoms with Gasteiger partial charge in [-0.2, -0.15) is 5.10 Å². The van der Waals surface area contributed by atoms with Crippen LogP contribution in [0.1, 0.15) is 0 Å². The van der Waals surface area contributed by atoms with Crippen LogP contribution in [0.4, 0.5) is 8.78 Å². The summed E-state index contributed by atoms with van der Waals surface area (Å²) in [4.78, 5) is 3.89. The third kappa shape index (κ3) is 1.56. The van der Waals surface area contributed by atoms with Crippen LogP contribution in [-0.2, 0) is 0 Å². The van der Waals surface area contributed by atoms with Crippen LogP contribution in [0.15, 0.2) is 42.9 Å². The van der Waals surface area contributed by atoms with E-state index in [4.69, 9.17) is 0 Å². The molecule has 0 atom stereocenters. The zero-order valence-corrected chi connectivity index (χ0v) is 8.64. The fraction of sp³-hybridized carbons (Fsp3) is 0. The van der Waals surface area contributed by atoms with Gasteiger partial charge in [0.15, 0.2) is 0 Å². The second-order valence-corrected chi connectivity index (χ2v) is 3.58. The van der Waals surface area contributed by atoms with E-state index in [2.05, 4.69) is 10.1 Å². The summed E-state index contributed by atoms with van der Waals surface area (Å²) in [7, 11) is 0. The maximum atomic E-state index is 13.6. The highest BCUT2D eigenvalue weighted by Crippen LogP contribution is 2.24. The Morgan fingerprint density at radius 2 is 1.76 bits per heavy atom. The highest BCUT2D eigenvalue weighted by molar-refractivity contribution is 5.62. The Morgan fingerprint density at radius 3 is 2.53 bits per heavy atom. The number of nitrogens with zero attached hydrogens (tertiary/aromatic N) is 3. The van der Waals surface area contributed by atoms with Gasteiger partial charge in [-0.15, -0.1) is 0 Å². The lowest BCUT2D eigenvalue weighted by atomic mass is 10.1. The van der Waals surface area contributed by atoms with E-state index < -0.39 is 11.6 Å². The smallest absolute Gasteiger partial charge is 0.135 e. The van der Waals surface area contributed by atoms with Crippen LogP contribution >= 0.6 is 0 Å². The maximum absolute atomic E-state index is 13.6. The van der Waals surface area contributed by atoms with Crippen LogP contribution in [0.3, 0.4) is 0 Å². The molecule has 0 radical (unpaired) electrons. The van der Waals surface area contributed by atoms with Crippen LogP contribution in [0.2, 0.25) is 0 Å². The Balaban J connectivity index is 2.26. The predicted octanol–water partition coefficient (Wildman–Crippen LogP) is 2.67. The molecule has 2 heterocycles. The van der Waals surface area contributed by atoms with Crippen LogP contribution in [0.25, 0.3) is 16.8 Å². The van der Waals surface area contributed by atoms with E-state index in [1.807, 2.05) is 0 Å². The van der Waals surface area contributed by atoms with E-state index in [1.54, 1.807) is 18.3 Å². The molecule has 84 valence electrons. The minimum atomic E-state index is -0.628. The van der Waals surface area contributed by atoms with E-state index in [1.165, 1.54) is 29.0 Å². The average molecular weight is 231 g/mol. The van der Waals surface area contributed by atoms with Gasteiger partial charge >= 0.3 is 0 Å². The van der Waals surface area contributed by atoms with Gasteiger partial charge in [0.25, 0.3) is 0 Å². The van der Waals surface area contributed by atoms with Gasteiger partial charge in [0.05, 0.1) is 23.0 Å². The van der Waals surface area contributed by atoms with Crippen LogP contribution < -0.4 is 0 Å². The van der Waals surface area contributed by atoms with Gasteiger partial charge in [-0.05, 0) is 24.3 Å². The average Bonchev–Trinajstić information content (AvgIpc) is 2.76. The zero-order chi connectivity index (χ0) is 11.8. The van der Waals surface area contributed by atoms with Crippen molar-refractivity contribution in [1.82, 2.24) is 14.6 Å². The number of halogens is 2. The first kappa shape index (κ1) is 9.89. The maximum Gasteiger partial charge on any atom is 0.135 e. The summed E-state index contributed by atoms with van der Waals surface area (Å²) in [5.41, 5.74) is 0.889. The van der Waals surface area contributed by atoms with Crippen LogP contribution in [0.5, 0.6) is 0 Å². The topological polar surface area (TPSA) is 30.2 Å². The van der Waals surface area contributed by atoms with E-state index in [0.29, 0.717) is 0 Å². The largest absolute Gasteiger partial charge is 0.243 e. The number of benzene rings is 1. The van der Waals surface area contributed by atoms with Gasteiger partial charge in [0.1, 0.15) is 18.0 Å². The molecule has 3 rings (SSSR count). The highest BCUT2D eigenvalue weighted by atomic mass is 19.1. The van der Waals surface area contributed by atoms with Gasteiger partial charge in [0.2, 0.25) is 0 Å². The van der Waals surface area contributed by atoms with Crippen molar-refractivity contribution in [3.63, 3.8) is 0 Å². The summed E-state index contributed by atoms with van der Waals surface area (Å²) >= 11 is 0. The molecule has 0 bridgehead atoms. The molecule has 0 aliphatic heterocycles. The quantitative estimate of drug-likeness (QED) is 0.644. The number of imidazole rings is 1.